The van der Waals surface area contributed by atoms with Crippen molar-refractivity contribution in [1.29, 1.82) is 0 Å². The molecule has 3 nitrogen and oxygen atoms in total. The Bertz CT molecular complexity index is 888. The van der Waals surface area contributed by atoms with Crippen LogP contribution in [0.4, 0.5) is 0 Å². The topological polar surface area (TPSA) is 15.7 Å². The first-order valence-electron chi connectivity index (χ1n) is 11.8. The molecule has 1 aliphatic heterocycles. The third kappa shape index (κ3) is 4.35. The Morgan fingerprint density at radius 2 is 1.65 bits per heavy atom. The maximum absolute atomic E-state index is 6.50. The lowest BCUT2D eigenvalue weighted by Crippen LogP contribution is -2.48. The Balaban J connectivity index is 1.50. The molecule has 0 N–H and O–H groups in total. The van der Waals surface area contributed by atoms with Crippen LogP contribution < -0.4 is 4.43 Å². The Morgan fingerprint density at radius 1 is 1.00 bits per heavy atom. The third-order valence-corrected chi connectivity index (χ3v) is 12.5. The van der Waals surface area contributed by atoms with Crippen LogP contribution in [0.15, 0.2) is 54.6 Å². The molecule has 1 heterocycles. The molecule has 2 aliphatic rings. The first kappa shape index (κ1) is 22.6. The highest BCUT2D eigenvalue weighted by Gasteiger charge is 2.66. The van der Waals surface area contributed by atoms with Crippen LogP contribution in [-0.4, -0.2) is 50.3 Å². The summed E-state index contributed by atoms with van der Waals surface area (Å²) in [6.45, 7) is 13.8. The molecular weight excluding hydrogens is 396 g/mol. The number of piperidine rings is 1. The minimum absolute atomic E-state index is 0.215. The zero-order chi connectivity index (χ0) is 22.4. The lowest BCUT2D eigenvalue weighted by molar-refractivity contribution is 0.133. The van der Waals surface area contributed by atoms with E-state index < -0.39 is 8.32 Å². The quantitative estimate of drug-likeness (QED) is 0.509. The minimum Gasteiger partial charge on any atom is -0.544 e. The first-order valence-corrected chi connectivity index (χ1v) is 14.7. The summed E-state index contributed by atoms with van der Waals surface area (Å²) in [5.74, 6) is 1.83. The van der Waals surface area contributed by atoms with Gasteiger partial charge in [-0.2, -0.15) is 0 Å². The van der Waals surface area contributed by atoms with Crippen LogP contribution in [0.1, 0.15) is 38.3 Å². The Labute approximate surface area is 190 Å². The maximum atomic E-state index is 6.50. The summed E-state index contributed by atoms with van der Waals surface area (Å²) in [7, 11) is 2.75. The van der Waals surface area contributed by atoms with Crippen LogP contribution in [0.2, 0.25) is 18.1 Å². The van der Waals surface area contributed by atoms with E-state index in [0.717, 1.165) is 24.6 Å². The Morgan fingerprint density at radius 3 is 2.23 bits per heavy atom. The predicted octanol–water partition coefficient (Wildman–Crippen LogP) is 5.82. The summed E-state index contributed by atoms with van der Waals surface area (Å²) in [6, 6.07) is 20.5. The van der Waals surface area contributed by atoms with Gasteiger partial charge in [-0.15, -0.1) is 0 Å². The molecule has 31 heavy (non-hydrogen) atoms. The van der Waals surface area contributed by atoms with Crippen molar-refractivity contribution in [2.45, 2.75) is 69.9 Å². The molecule has 0 bridgehead atoms. The van der Waals surface area contributed by atoms with E-state index in [0.29, 0.717) is 11.6 Å². The average Bonchev–Trinajstić information content (AvgIpc) is 3.34. The molecule has 2 aromatic carbocycles. The lowest BCUT2D eigenvalue weighted by atomic mass is 9.96. The van der Waals surface area contributed by atoms with Crippen LogP contribution in [0.5, 0.6) is 5.75 Å². The van der Waals surface area contributed by atoms with Gasteiger partial charge in [-0.05, 0) is 74.2 Å². The number of rotatable bonds is 7. The molecule has 3 atom stereocenters. The van der Waals surface area contributed by atoms with E-state index in [1.54, 1.807) is 0 Å². The molecule has 2 fully saturated rings. The molecule has 0 aromatic heterocycles. The molecule has 4 rings (SSSR count). The molecule has 0 unspecified atom stereocenters. The van der Waals surface area contributed by atoms with E-state index in [9.17, 15) is 0 Å². The minimum atomic E-state index is -1.80. The summed E-state index contributed by atoms with van der Waals surface area (Å²) in [5, 5.41) is 0.215. The summed E-state index contributed by atoms with van der Waals surface area (Å²) in [6.07, 6.45) is 2.43. The molecule has 1 saturated heterocycles. The van der Waals surface area contributed by atoms with Crippen molar-refractivity contribution in [2.75, 3.05) is 20.6 Å². The second-order valence-corrected chi connectivity index (χ2v) is 16.2. The van der Waals surface area contributed by atoms with E-state index >= 15 is 0 Å². The number of fused-ring (bicyclic) bond motifs is 1. The van der Waals surface area contributed by atoms with Crippen molar-refractivity contribution in [1.82, 2.24) is 9.80 Å². The third-order valence-electron chi connectivity index (χ3n) is 8.19. The molecule has 1 aliphatic carbocycles. The van der Waals surface area contributed by atoms with Gasteiger partial charge >= 0.3 is 0 Å². The highest BCUT2D eigenvalue weighted by atomic mass is 28.4. The summed E-state index contributed by atoms with van der Waals surface area (Å²) >= 11 is 0. The van der Waals surface area contributed by atoms with E-state index in [1.807, 2.05) is 0 Å². The zero-order valence-electron chi connectivity index (χ0n) is 20.5. The van der Waals surface area contributed by atoms with Crippen molar-refractivity contribution in [3.63, 3.8) is 0 Å². The highest BCUT2D eigenvalue weighted by Crippen LogP contribution is 2.57. The van der Waals surface area contributed by atoms with Gasteiger partial charge < -0.3 is 9.33 Å². The normalized spacial score (nSPS) is 26.2. The van der Waals surface area contributed by atoms with Crippen molar-refractivity contribution in [2.24, 2.45) is 5.92 Å². The largest absolute Gasteiger partial charge is 0.544 e. The molecule has 4 heteroatoms. The number of nitrogens with zero attached hydrogens (tertiary/aromatic N) is 2. The number of hydrogen-bond donors (Lipinski definition) is 0. The molecule has 168 valence electrons. The Kier molecular flexibility index (Phi) is 5.87. The van der Waals surface area contributed by atoms with Gasteiger partial charge in [-0.1, -0.05) is 63.2 Å². The summed E-state index contributed by atoms with van der Waals surface area (Å²) in [5.41, 5.74) is 3.17. The SMILES string of the molecule is CN(C)[C@@]12C[C@@H]1CN(Cc1ccccc1)[C@H]2Cc1ccc(O[Si](C)(C)C(C)(C)C)cc1. The van der Waals surface area contributed by atoms with E-state index in [4.69, 9.17) is 4.43 Å². The number of hydrogen-bond acceptors (Lipinski definition) is 3. The van der Waals surface area contributed by atoms with Gasteiger partial charge in [0.05, 0.1) is 0 Å². The van der Waals surface area contributed by atoms with Gasteiger partial charge in [-0.25, -0.2) is 0 Å². The van der Waals surface area contributed by atoms with Crippen LogP contribution in [-0.2, 0) is 13.0 Å². The van der Waals surface area contributed by atoms with E-state index in [2.05, 4.69) is 112 Å². The fourth-order valence-electron chi connectivity index (χ4n) is 5.20. The fraction of sp³-hybridized carbons (Fsp3) is 0.556. The zero-order valence-corrected chi connectivity index (χ0v) is 21.5. The Hall–Kier alpha value is -1.62. The molecule has 0 spiro atoms. The van der Waals surface area contributed by atoms with Crippen molar-refractivity contribution in [3.05, 3.63) is 65.7 Å². The number of likely N-dealkylation sites (tertiary alicyclic amines) is 1. The van der Waals surface area contributed by atoms with Gasteiger partial charge in [0, 0.05) is 24.7 Å². The highest BCUT2D eigenvalue weighted by molar-refractivity contribution is 6.74. The van der Waals surface area contributed by atoms with Gasteiger partial charge in [0.1, 0.15) is 5.75 Å². The fourth-order valence-corrected chi connectivity index (χ4v) is 6.23. The van der Waals surface area contributed by atoms with Crippen LogP contribution in [0, 0.1) is 5.92 Å². The average molecular weight is 437 g/mol. The second-order valence-electron chi connectivity index (χ2n) is 11.4. The van der Waals surface area contributed by atoms with Gasteiger partial charge in [0.15, 0.2) is 0 Å². The predicted molar refractivity (Wildman–Crippen MR) is 133 cm³/mol. The molecule has 1 saturated carbocycles. The van der Waals surface area contributed by atoms with Gasteiger partial charge in [-0.3, -0.25) is 4.90 Å². The van der Waals surface area contributed by atoms with Crippen molar-refractivity contribution >= 4 is 8.32 Å². The first-order chi connectivity index (χ1) is 14.5. The molecule has 0 amide bonds. The van der Waals surface area contributed by atoms with Gasteiger partial charge in [0.25, 0.3) is 0 Å². The lowest BCUT2D eigenvalue weighted by Gasteiger charge is -2.37. The van der Waals surface area contributed by atoms with Crippen LogP contribution in [0.25, 0.3) is 0 Å². The standard InChI is InChI=1S/C27H40N2OSi/c1-26(2,3)31(6,7)30-24-15-13-21(14-16-24)17-25-27(28(4)5)18-23(27)20-29(25)19-22-11-9-8-10-12-22/h8-16,23,25H,17-20H2,1-7H3/t23-,25+,27+/m1/s1. The monoisotopic (exact) mass is 436 g/mol. The second kappa shape index (κ2) is 8.06. The number of likely N-dealkylation sites (N-methyl/N-ethyl adjacent to an activating group) is 1. The van der Waals surface area contributed by atoms with Crippen molar-refractivity contribution < 1.29 is 4.43 Å². The molecular formula is C27H40N2OSi. The van der Waals surface area contributed by atoms with E-state index in [-0.39, 0.29) is 5.04 Å². The van der Waals surface area contributed by atoms with E-state index in [1.165, 1.54) is 24.1 Å². The van der Waals surface area contributed by atoms with Gasteiger partial charge in [0.2, 0.25) is 8.32 Å². The maximum Gasteiger partial charge on any atom is 0.250 e. The van der Waals surface area contributed by atoms with Crippen LogP contribution >= 0.6 is 0 Å². The van der Waals surface area contributed by atoms with Crippen molar-refractivity contribution in [3.8, 4) is 5.75 Å². The molecule has 0 radical (unpaired) electrons. The molecule has 2 aromatic rings. The summed E-state index contributed by atoms with van der Waals surface area (Å²) in [4.78, 5) is 5.23. The summed E-state index contributed by atoms with van der Waals surface area (Å²) < 4.78 is 6.50. The van der Waals surface area contributed by atoms with Crippen LogP contribution in [0.3, 0.4) is 0 Å². The smallest absolute Gasteiger partial charge is 0.250 e. The number of benzene rings is 2.